The van der Waals surface area contributed by atoms with Crippen molar-refractivity contribution in [2.45, 2.75) is 13.3 Å². The molecule has 4 heteroatoms. The van der Waals surface area contributed by atoms with Crippen molar-refractivity contribution in [2.24, 2.45) is 5.73 Å². The Morgan fingerprint density at radius 3 is 2.94 bits per heavy atom. The molecule has 0 aliphatic heterocycles. The van der Waals surface area contributed by atoms with Crippen LogP contribution in [-0.4, -0.2) is 16.3 Å². The highest BCUT2D eigenvalue weighted by Crippen LogP contribution is 2.19. The van der Waals surface area contributed by atoms with Gasteiger partial charge in [0.1, 0.15) is 0 Å². The lowest BCUT2D eigenvalue weighted by atomic mass is 10.2. The van der Waals surface area contributed by atoms with Gasteiger partial charge >= 0.3 is 0 Å². The van der Waals surface area contributed by atoms with Gasteiger partial charge in [-0.3, -0.25) is 0 Å². The Balaban J connectivity index is 2.31. The Hall–Kier alpha value is -1.13. The van der Waals surface area contributed by atoms with Crippen LogP contribution < -0.4 is 5.73 Å². The molecule has 0 saturated heterocycles. The Labute approximate surface area is 103 Å². The average molecular weight is 280 g/mol. The molecule has 3 nitrogen and oxygen atoms in total. The second-order valence-corrected chi connectivity index (χ2v) is 4.62. The second-order valence-electron chi connectivity index (χ2n) is 3.77. The molecule has 1 aromatic heterocycles. The zero-order chi connectivity index (χ0) is 11.5. The smallest absolute Gasteiger partial charge is 0.0657 e. The van der Waals surface area contributed by atoms with Crippen LogP contribution in [0.2, 0.25) is 0 Å². The highest BCUT2D eigenvalue weighted by atomic mass is 79.9. The third-order valence-corrected chi connectivity index (χ3v) is 3.34. The van der Waals surface area contributed by atoms with Crippen LogP contribution in [0.5, 0.6) is 0 Å². The summed E-state index contributed by atoms with van der Waals surface area (Å²) in [4.78, 5) is 0. The fourth-order valence-electron chi connectivity index (χ4n) is 1.52. The maximum Gasteiger partial charge on any atom is 0.0657 e. The molecule has 0 aliphatic carbocycles. The number of nitrogens with two attached hydrogens (primary N) is 1. The number of benzene rings is 1. The Bertz CT molecular complexity index is 491. The third kappa shape index (κ3) is 2.33. The van der Waals surface area contributed by atoms with Crippen molar-refractivity contribution in [3.63, 3.8) is 0 Å². The summed E-state index contributed by atoms with van der Waals surface area (Å²) in [7, 11) is 0. The van der Waals surface area contributed by atoms with Gasteiger partial charge < -0.3 is 5.73 Å². The van der Waals surface area contributed by atoms with E-state index < -0.39 is 0 Å². The van der Waals surface area contributed by atoms with Gasteiger partial charge in [-0.2, -0.15) is 5.10 Å². The summed E-state index contributed by atoms with van der Waals surface area (Å²) < 4.78 is 2.97. The molecule has 16 heavy (non-hydrogen) atoms. The number of rotatable bonds is 3. The third-order valence-electron chi connectivity index (χ3n) is 2.49. The van der Waals surface area contributed by atoms with E-state index in [-0.39, 0.29) is 0 Å². The molecular weight excluding hydrogens is 266 g/mol. The average Bonchev–Trinajstić information content (AvgIpc) is 2.71. The summed E-state index contributed by atoms with van der Waals surface area (Å²) in [5, 5.41) is 4.32. The lowest BCUT2D eigenvalue weighted by molar-refractivity contribution is 0.877. The van der Waals surface area contributed by atoms with Crippen molar-refractivity contribution >= 4 is 15.9 Å². The number of aryl methyl sites for hydroxylation is 1. The molecule has 0 atom stereocenters. The topological polar surface area (TPSA) is 43.8 Å². The normalized spacial score (nSPS) is 10.7. The number of aromatic nitrogens is 2. The van der Waals surface area contributed by atoms with Gasteiger partial charge in [-0.25, -0.2) is 4.68 Å². The molecule has 2 N–H and O–H groups in total. The predicted octanol–water partition coefficient (Wildman–Crippen LogP) is 2.44. The Kier molecular flexibility index (Phi) is 3.41. The van der Waals surface area contributed by atoms with Gasteiger partial charge in [0.2, 0.25) is 0 Å². The number of nitrogens with zero attached hydrogens (tertiary/aromatic N) is 2. The molecule has 0 fully saturated rings. The van der Waals surface area contributed by atoms with Crippen molar-refractivity contribution in [3.8, 4) is 5.69 Å². The van der Waals surface area contributed by atoms with E-state index in [1.165, 1.54) is 11.1 Å². The van der Waals surface area contributed by atoms with Gasteiger partial charge in [-0.1, -0.05) is 22.0 Å². The van der Waals surface area contributed by atoms with Crippen LogP contribution in [0.15, 0.2) is 35.1 Å². The molecule has 0 spiro atoms. The lowest BCUT2D eigenvalue weighted by Crippen LogP contribution is -2.01. The van der Waals surface area contributed by atoms with Crippen LogP contribution in [0.25, 0.3) is 5.69 Å². The van der Waals surface area contributed by atoms with E-state index in [9.17, 15) is 0 Å². The van der Waals surface area contributed by atoms with E-state index >= 15 is 0 Å². The van der Waals surface area contributed by atoms with Crippen LogP contribution in [0, 0.1) is 6.92 Å². The van der Waals surface area contributed by atoms with Crippen LogP contribution in [0.4, 0.5) is 0 Å². The van der Waals surface area contributed by atoms with Gasteiger partial charge in [0, 0.05) is 10.7 Å². The zero-order valence-corrected chi connectivity index (χ0v) is 10.7. The fraction of sp³-hybridized carbons (Fsp3) is 0.250. The first-order valence-electron chi connectivity index (χ1n) is 5.21. The first-order chi connectivity index (χ1) is 7.70. The quantitative estimate of drug-likeness (QED) is 0.938. The molecule has 1 aromatic carbocycles. The van der Waals surface area contributed by atoms with E-state index in [2.05, 4.69) is 46.2 Å². The van der Waals surface area contributed by atoms with Crippen LogP contribution in [0.3, 0.4) is 0 Å². The number of hydrogen-bond donors (Lipinski definition) is 1. The van der Waals surface area contributed by atoms with E-state index in [4.69, 9.17) is 5.73 Å². The minimum atomic E-state index is 0.656. The fourth-order valence-corrected chi connectivity index (χ4v) is 1.89. The highest BCUT2D eigenvalue weighted by Gasteiger charge is 2.02. The largest absolute Gasteiger partial charge is 0.330 e. The van der Waals surface area contributed by atoms with Gasteiger partial charge in [0.05, 0.1) is 11.9 Å². The Morgan fingerprint density at radius 1 is 1.44 bits per heavy atom. The molecular formula is C12H14BrN3. The van der Waals surface area contributed by atoms with Crippen LogP contribution in [-0.2, 0) is 6.42 Å². The summed E-state index contributed by atoms with van der Waals surface area (Å²) in [6.45, 7) is 2.72. The maximum absolute atomic E-state index is 5.51. The summed E-state index contributed by atoms with van der Waals surface area (Å²) >= 11 is 3.52. The summed E-state index contributed by atoms with van der Waals surface area (Å²) in [5.41, 5.74) is 8.95. The SMILES string of the molecule is Cc1ccc(-n2cc(CCN)cn2)cc1Br. The van der Waals surface area contributed by atoms with Gasteiger partial charge in [0.25, 0.3) is 0 Å². The van der Waals surface area contributed by atoms with Crippen molar-refractivity contribution < 1.29 is 0 Å². The van der Waals surface area contributed by atoms with Gasteiger partial charge in [0.15, 0.2) is 0 Å². The minimum absolute atomic E-state index is 0.656. The predicted molar refractivity (Wildman–Crippen MR) is 68.8 cm³/mol. The standard InChI is InChI=1S/C12H14BrN3/c1-9-2-3-11(6-12(9)13)16-8-10(4-5-14)7-15-16/h2-3,6-8H,4-5,14H2,1H3. The number of hydrogen-bond acceptors (Lipinski definition) is 2. The molecule has 0 saturated carbocycles. The zero-order valence-electron chi connectivity index (χ0n) is 9.15. The van der Waals surface area contributed by atoms with E-state index in [0.717, 1.165) is 16.6 Å². The maximum atomic E-state index is 5.51. The molecule has 0 bridgehead atoms. The minimum Gasteiger partial charge on any atom is -0.330 e. The van der Waals surface area contributed by atoms with Crippen LogP contribution in [0.1, 0.15) is 11.1 Å². The summed E-state index contributed by atoms with van der Waals surface area (Å²) in [5.74, 6) is 0. The molecule has 1 heterocycles. The Morgan fingerprint density at radius 2 is 2.25 bits per heavy atom. The highest BCUT2D eigenvalue weighted by molar-refractivity contribution is 9.10. The molecule has 2 aromatic rings. The van der Waals surface area contributed by atoms with E-state index in [1.54, 1.807) is 0 Å². The lowest BCUT2D eigenvalue weighted by Gasteiger charge is -2.03. The first-order valence-corrected chi connectivity index (χ1v) is 6.00. The van der Waals surface area contributed by atoms with Crippen molar-refractivity contribution in [3.05, 3.63) is 46.2 Å². The molecule has 84 valence electrons. The summed E-state index contributed by atoms with van der Waals surface area (Å²) in [6.07, 6.45) is 4.75. The van der Waals surface area contributed by atoms with E-state index in [0.29, 0.717) is 6.54 Å². The number of halogens is 1. The van der Waals surface area contributed by atoms with Gasteiger partial charge in [-0.05, 0) is 43.1 Å². The van der Waals surface area contributed by atoms with Gasteiger partial charge in [-0.15, -0.1) is 0 Å². The van der Waals surface area contributed by atoms with Crippen molar-refractivity contribution in [1.82, 2.24) is 9.78 Å². The molecule has 0 radical (unpaired) electrons. The molecule has 0 unspecified atom stereocenters. The molecule has 2 rings (SSSR count). The second kappa shape index (κ2) is 4.80. The van der Waals surface area contributed by atoms with Crippen molar-refractivity contribution in [1.29, 1.82) is 0 Å². The first kappa shape index (κ1) is 11.4. The van der Waals surface area contributed by atoms with Crippen molar-refractivity contribution in [2.75, 3.05) is 6.54 Å². The van der Waals surface area contributed by atoms with Crippen LogP contribution >= 0.6 is 15.9 Å². The summed E-state index contributed by atoms with van der Waals surface area (Å²) in [6, 6.07) is 6.19. The monoisotopic (exact) mass is 279 g/mol. The molecule has 0 aliphatic rings. The molecule has 0 amide bonds. The van der Waals surface area contributed by atoms with E-state index in [1.807, 2.05) is 17.1 Å².